The number of hydrogen-bond acceptors (Lipinski definition) is 5. The molecule has 0 bridgehead atoms. The third-order valence-electron chi connectivity index (χ3n) is 4.09. The minimum atomic E-state index is -0.147. The van der Waals surface area contributed by atoms with Gasteiger partial charge in [0.1, 0.15) is 0 Å². The van der Waals surface area contributed by atoms with Gasteiger partial charge in [-0.15, -0.1) is 0 Å². The van der Waals surface area contributed by atoms with E-state index < -0.39 is 0 Å². The number of aromatic nitrogens is 4. The number of benzene rings is 1. The molecule has 24 heavy (non-hydrogen) atoms. The average Bonchev–Trinajstić information content (AvgIpc) is 3.33. The van der Waals surface area contributed by atoms with Crippen LogP contribution in [0.15, 0.2) is 47.6 Å². The summed E-state index contributed by atoms with van der Waals surface area (Å²) in [6.07, 6.45) is 6.29. The summed E-state index contributed by atoms with van der Waals surface area (Å²) in [5.74, 6) is 0.457. The Hall–Kier alpha value is -2.67. The van der Waals surface area contributed by atoms with Gasteiger partial charge in [0.2, 0.25) is 6.39 Å². The fraction of sp³-hybridized carbons (Fsp3) is 0.250. The van der Waals surface area contributed by atoms with E-state index >= 15 is 0 Å². The molecule has 1 fully saturated rings. The lowest BCUT2D eigenvalue weighted by Gasteiger charge is -2.21. The molecule has 1 aliphatic heterocycles. The minimum Gasteiger partial charge on any atom is -0.343 e. The van der Waals surface area contributed by atoms with Crippen LogP contribution in [-0.4, -0.2) is 37.3 Å². The van der Waals surface area contributed by atoms with Crippen LogP contribution in [0.3, 0.4) is 0 Å². The Bertz CT molecular complexity index is 861. The summed E-state index contributed by atoms with van der Waals surface area (Å²) in [6.45, 7) is 0.667. The first-order chi connectivity index (χ1) is 11.7. The van der Waals surface area contributed by atoms with Crippen LogP contribution >= 0.6 is 11.6 Å². The number of hydrogen-bond donors (Lipinski definition) is 0. The summed E-state index contributed by atoms with van der Waals surface area (Å²) in [5, 5.41) is 8.76. The first-order valence-electron chi connectivity index (χ1n) is 7.60. The monoisotopic (exact) mass is 343 g/mol. The Labute approximate surface area is 142 Å². The predicted molar refractivity (Wildman–Crippen MR) is 85.9 cm³/mol. The van der Waals surface area contributed by atoms with Crippen LogP contribution in [0.5, 0.6) is 0 Å². The third-order valence-corrected chi connectivity index (χ3v) is 4.33. The van der Waals surface area contributed by atoms with Crippen LogP contribution in [0.1, 0.15) is 35.1 Å². The molecule has 1 unspecified atom stereocenters. The first kappa shape index (κ1) is 14.9. The van der Waals surface area contributed by atoms with Crippen molar-refractivity contribution in [1.29, 1.82) is 0 Å². The fourth-order valence-electron chi connectivity index (χ4n) is 2.96. The van der Waals surface area contributed by atoms with E-state index in [1.165, 1.54) is 6.39 Å². The van der Waals surface area contributed by atoms with E-state index in [1.54, 1.807) is 34.1 Å². The number of nitrogens with zero attached hydrogens (tertiary/aromatic N) is 5. The van der Waals surface area contributed by atoms with E-state index in [0.29, 0.717) is 23.0 Å². The maximum Gasteiger partial charge on any atom is 0.257 e. The van der Waals surface area contributed by atoms with Gasteiger partial charge in [-0.1, -0.05) is 22.8 Å². The molecule has 1 atom stereocenters. The zero-order valence-corrected chi connectivity index (χ0v) is 13.4. The van der Waals surface area contributed by atoms with Crippen LogP contribution in [0.4, 0.5) is 0 Å². The minimum absolute atomic E-state index is 0.0874. The summed E-state index contributed by atoms with van der Waals surface area (Å²) in [7, 11) is 0. The first-order valence-corrected chi connectivity index (χ1v) is 7.98. The van der Waals surface area contributed by atoms with E-state index in [1.807, 2.05) is 12.1 Å². The van der Waals surface area contributed by atoms with Gasteiger partial charge < -0.3 is 9.42 Å². The smallest absolute Gasteiger partial charge is 0.257 e. The molecule has 1 saturated heterocycles. The number of carbonyl (C=O) groups excluding carboxylic acids is 1. The second-order valence-electron chi connectivity index (χ2n) is 5.60. The molecule has 4 rings (SSSR count). The van der Waals surface area contributed by atoms with Crippen molar-refractivity contribution in [3.05, 3.63) is 59.5 Å². The molecular weight excluding hydrogens is 330 g/mol. The predicted octanol–water partition coefficient (Wildman–Crippen LogP) is 2.89. The van der Waals surface area contributed by atoms with Crippen molar-refractivity contribution >= 4 is 17.5 Å². The number of halogens is 1. The van der Waals surface area contributed by atoms with Crippen molar-refractivity contribution in [2.45, 2.75) is 18.9 Å². The lowest BCUT2D eigenvalue weighted by molar-refractivity contribution is 0.0728. The van der Waals surface area contributed by atoms with Gasteiger partial charge >= 0.3 is 0 Å². The van der Waals surface area contributed by atoms with Gasteiger partial charge in [0.25, 0.3) is 5.91 Å². The topological polar surface area (TPSA) is 77.0 Å². The van der Waals surface area contributed by atoms with Crippen molar-refractivity contribution in [3.63, 3.8) is 0 Å². The van der Waals surface area contributed by atoms with Gasteiger partial charge in [-0.3, -0.25) is 4.79 Å². The molecule has 1 aromatic carbocycles. The number of rotatable bonds is 3. The average molecular weight is 344 g/mol. The Morgan fingerprint density at radius 1 is 1.38 bits per heavy atom. The fourth-order valence-corrected chi connectivity index (χ4v) is 3.15. The third kappa shape index (κ3) is 2.67. The van der Waals surface area contributed by atoms with E-state index in [2.05, 4.69) is 15.2 Å². The van der Waals surface area contributed by atoms with Crippen LogP contribution in [0, 0.1) is 0 Å². The number of carbonyl (C=O) groups is 1. The van der Waals surface area contributed by atoms with Gasteiger partial charge in [-0.25, -0.2) is 4.68 Å². The van der Waals surface area contributed by atoms with E-state index in [9.17, 15) is 4.79 Å². The number of amides is 1. The summed E-state index contributed by atoms with van der Waals surface area (Å²) in [6, 6.07) is 7.16. The summed E-state index contributed by atoms with van der Waals surface area (Å²) < 4.78 is 6.44. The Morgan fingerprint density at radius 2 is 2.29 bits per heavy atom. The molecule has 1 aliphatic rings. The summed E-state index contributed by atoms with van der Waals surface area (Å²) in [4.78, 5) is 18.7. The lowest BCUT2D eigenvalue weighted by Crippen LogP contribution is -2.30. The van der Waals surface area contributed by atoms with Crippen LogP contribution in [0.25, 0.3) is 5.69 Å². The molecule has 122 valence electrons. The Morgan fingerprint density at radius 3 is 3.08 bits per heavy atom. The highest BCUT2D eigenvalue weighted by molar-refractivity contribution is 6.30. The standard InChI is InChI=1S/C16H14ClN5O2/c17-12-3-1-4-13(7-12)22-9-11(8-19-22)16(23)21-6-2-5-14(21)15-18-10-24-20-15/h1,3-4,7-10,14H,2,5-6H2. The SMILES string of the molecule is O=C(c1cnn(-c2cccc(Cl)c2)c1)N1CCCC1c1ncon1. The highest BCUT2D eigenvalue weighted by atomic mass is 35.5. The van der Waals surface area contributed by atoms with Crippen LogP contribution in [0.2, 0.25) is 5.02 Å². The highest BCUT2D eigenvalue weighted by Crippen LogP contribution is 2.31. The molecule has 0 aliphatic carbocycles. The largest absolute Gasteiger partial charge is 0.343 e. The summed E-state index contributed by atoms with van der Waals surface area (Å²) >= 11 is 6.00. The van der Waals surface area contributed by atoms with E-state index in [-0.39, 0.29) is 11.9 Å². The highest BCUT2D eigenvalue weighted by Gasteiger charge is 2.33. The number of likely N-dealkylation sites (tertiary alicyclic amines) is 1. The van der Waals surface area contributed by atoms with Crippen molar-refractivity contribution in [2.75, 3.05) is 6.54 Å². The van der Waals surface area contributed by atoms with Crippen LogP contribution in [-0.2, 0) is 0 Å². The van der Waals surface area contributed by atoms with Gasteiger partial charge in [0.15, 0.2) is 5.82 Å². The molecule has 1 amide bonds. The molecule has 7 nitrogen and oxygen atoms in total. The molecule has 0 spiro atoms. The van der Waals surface area contributed by atoms with Crippen LogP contribution < -0.4 is 0 Å². The zero-order chi connectivity index (χ0) is 16.5. The molecule has 0 radical (unpaired) electrons. The van der Waals surface area contributed by atoms with Crippen molar-refractivity contribution in [1.82, 2.24) is 24.8 Å². The maximum atomic E-state index is 12.8. The summed E-state index contributed by atoms with van der Waals surface area (Å²) in [5.41, 5.74) is 1.32. The van der Waals surface area contributed by atoms with Crippen molar-refractivity contribution < 1.29 is 9.32 Å². The Balaban J connectivity index is 1.59. The molecule has 3 aromatic rings. The van der Waals surface area contributed by atoms with Gasteiger partial charge in [0, 0.05) is 17.8 Å². The molecule has 3 heterocycles. The van der Waals surface area contributed by atoms with E-state index in [4.69, 9.17) is 16.1 Å². The molecule has 0 N–H and O–H groups in total. The molecular formula is C16H14ClN5O2. The quantitative estimate of drug-likeness (QED) is 0.730. The van der Waals surface area contributed by atoms with E-state index in [0.717, 1.165) is 18.5 Å². The van der Waals surface area contributed by atoms with Gasteiger partial charge in [-0.2, -0.15) is 10.1 Å². The Kier molecular flexibility index (Phi) is 3.78. The zero-order valence-electron chi connectivity index (χ0n) is 12.7. The molecule has 0 saturated carbocycles. The molecule has 2 aromatic heterocycles. The van der Waals surface area contributed by atoms with Crippen molar-refractivity contribution in [3.8, 4) is 5.69 Å². The lowest BCUT2D eigenvalue weighted by atomic mass is 10.2. The van der Waals surface area contributed by atoms with Crippen molar-refractivity contribution in [2.24, 2.45) is 0 Å². The molecule has 8 heteroatoms. The second kappa shape index (κ2) is 6.09. The van der Waals surface area contributed by atoms with Gasteiger partial charge in [0.05, 0.1) is 23.5 Å². The normalized spacial score (nSPS) is 17.4. The second-order valence-corrected chi connectivity index (χ2v) is 6.04. The maximum absolute atomic E-state index is 12.8. The van der Waals surface area contributed by atoms with Gasteiger partial charge in [-0.05, 0) is 31.0 Å².